The van der Waals surface area contributed by atoms with Crippen molar-refractivity contribution in [1.29, 1.82) is 5.26 Å². The summed E-state index contributed by atoms with van der Waals surface area (Å²) in [5, 5.41) is 19.5. The zero-order valence-corrected chi connectivity index (χ0v) is 8.96. The van der Waals surface area contributed by atoms with Crippen molar-refractivity contribution < 1.29 is 14.4 Å². The molecule has 0 saturated carbocycles. The molecule has 88 valence electrons. The van der Waals surface area contributed by atoms with E-state index >= 15 is 0 Å². The molecule has 0 bridgehead atoms. The predicted octanol–water partition coefficient (Wildman–Crippen LogP) is 1.63. The van der Waals surface area contributed by atoms with Crippen LogP contribution in [0.5, 0.6) is 5.75 Å². The van der Waals surface area contributed by atoms with Crippen LogP contribution in [-0.4, -0.2) is 24.2 Å². The van der Waals surface area contributed by atoms with Crippen molar-refractivity contribution in [1.82, 2.24) is 0 Å². The van der Waals surface area contributed by atoms with Gasteiger partial charge < -0.3 is 9.47 Å². The minimum Gasteiger partial charge on any atom is -0.487 e. The van der Waals surface area contributed by atoms with Gasteiger partial charge in [0.25, 0.3) is 5.69 Å². The Morgan fingerprint density at radius 2 is 2.41 bits per heavy atom. The summed E-state index contributed by atoms with van der Waals surface area (Å²) in [7, 11) is 0. The van der Waals surface area contributed by atoms with E-state index in [4.69, 9.17) is 14.7 Å². The third-order valence-corrected chi connectivity index (χ3v) is 2.48. The van der Waals surface area contributed by atoms with E-state index in [9.17, 15) is 10.1 Å². The van der Waals surface area contributed by atoms with Gasteiger partial charge >= 0.3 is 0 Å². The highest BCUT2D eigenvalue weighted by Crippen LogP contribution is 2.25. The molecule has 0 amide bonds. The molecule has 1 atom stereocenters. The summed E-state index contributed by atoms with van der Waals surface area (Å²) in [6.07, 6.45) is 0.686. The second-order valence-electron chi connectivity index (χ2n) is 3.65. The number of nitro groups is 1. The van der Waals surface area contributed by atoms with Crippen LogP contribution in [0.3, 0.4) is 0 Å². The maximum Gasteiger partial charge on any atom is 0.271 e. The molecule has 0 aromatic heterocycles. The smallest absolute Gasteiger partial charge is 0.271 e. The third kappa shape index (κ3) is 2.52. The Hall–Kier alpha value is -2.13. The highest BCUT2D eigenvalue weighted by Gasteiger charge is 2.19. The number of hydrogen-bond donors (Lipinski definition) is 0. The van der Waals surface area contributed by atoms with E-state index in [-0.39, 0.29) is 17.4 Å². The molecule has 0 unspecified atom stereocenters. The van der Waals surface area contributed by atoms with Crippen LogP contribution in [0.2, 0.25) is 0 Å². The lowest BCUT2D eigenvalue weighted by Gasteiger charge is -2.12. The van der Waals surface area contributed by atoms with Crippen molar-refractivity contribution in [3.8, 4) is 11.8 Å². The van der Waals surface area contributed by atoms with Crippen LogP contribution >= 0.6 is 0 Å². The lowest BCUT2D eigenvalue weighted by molar-refractivity contribution is -0.384. The average Bonchev–Trinajstić information content (AvgIpc) is 2.82. The Morgan fingerprint density at radius 3 is 3.00 bits per heavy atom. The molecule has 0 radical (unpaired) electrons. The predicted molar refractivity (Wildman–Crippen MR) is 57.7 cm³/mol. The van der Waals surface area contributed by atoms with Crippen molar-refractivity contribution in [2.75, 3.05) is 13.2 Å². The van der Waals surface area contributed by atoms with E-state index in [1.165, 1.54) is 18.2 Å². The lowest BCUT2D eigenvalue weighted by atomic mass is 10.2. The van der Waals surface area contributed by atoms with Gasteiger partial charge in [0, 0.05) is 18.6 Å². The van der Waals surface area contributed by atoms with Crippen molar-refractivity contribution in [3.63, 3.8) is 0 Å². The molecule has 6 nitrogen and oxygen atoms in total. The zero-order chi connectivity index (χ0) is 12.3. The van der Waals surface area contributed by atoms with E-state index in [2.05, 4.69) is 0 Å². The first-order chi connectivity index (χ1) is 8.20. The number of non-ortho nitro benzene ring substituents is 1. The molecule has 0 N–H and O–H groups in total. The van der Waals surface area contributed by atoms with Crippen LogP contribution in [0, 0.1) is 21.4 Å². The Balaban J connectivity index is 2.22. The highest BCUT2D eigenvalue weighted by molar-refractivity contribution is 5.50. The third-order valence-electron chi connectivity index (χ3n) is 2.48. The fraction of sp³-hybridized carbons (Fsp3) is 0.364. The molecule has 1 aromatic carbocycles. The van der Waals surface area contributed by atoms with Crippen LogP contribution in [0.4, 0.5) is 5.69 Å². The number of rotatable bonds is 3. The van der Waals surface area contributed by atoms with Crippen molar-refractivity contribution in [2.45, 2.75) is 12.5 Å². The molecule has 1 saturated heterocycles. The summed E-state index contributed by atoms with van der Waals surface area (Å²) in [6.45, 7) is 1.13. The minimum absolute atomic E-state index is 0.0800. The van der Waals surface area contributed by atoms with Gasteiger partial charge in [-0.2, -0.15) is 5.26 Å². The fourth-order valence-electron chi connectivity index (χ4n) is 1.61. The Kier molecular flexibility index (Phi) is 3.21. The van der Waals surface area contributed by atoms with Gasteiger partial charge in [0.15, 0.2) is 0 Å². The lowest BCUT2D eigenvalue weighted by Crippen LogP contribution is -2.16. The largest absolute Gasteiger partial charge is 0.487 e. The number of ether oxygens (including phenoxy) is 2. The van der Waals surface area contributed by atoms with E-state index in [0.29, 0.717) is 19.0 Å². The molecular weight excluding hydrogens is 224 g/mol. The van der Waals surface area contributed by atoms with Gasteiger partial charge in [-0.1, -0.05) is 0 Å². The molecule has 17 heavy (non-hydrogen) atoms. The summed E-state index contributed by atoms with van der Waals surface area (Å²) in [5.41, 5.74) is 0.0580. The van der Waals surface area contributed by atoms with Gasteiger partial charge in [-0.3, -0.25) is 10.1 Å². The molecule has 0 spiro atoms. The maximum atomic E-state index is 10.6. The molecule has 0 aliphatic carbocycles. The van der Waals surface area contributed by atoms with Crippen LogP contribution in [0.15, 0.2) is 18.2 Å². The molecule has 1 fully saturated rings. The van der Waals surface area contributed by atoms with Crippen LogP contribution in [-0.2, 0) is 4.74 Å². The zero-order valence-electron chi connectivity index (χ0n) is 8.96. The fourth-order valence-corrected chi connectivity index (χ4v) is 1.61. The van der Waals surface area contributed by atoms with E-state index in [0.717, 1.165) is 6.42 Å². The summed E-state index contributed by atoms with van der Waals surface area (Å²) >= 11 is 0. The average molecular weight is 234 g/mol. The van der Waals surface area contributed by atoms with Gasteiger partial charge in [-0.05, 0) is 6.07 Å². The number of nitriles is 1. The number of benzene rings is 1. The van der Waals surface area contributed by atoms with Gasteiger partial charge in [0.1, 0.15) is 23.5 Å². The minimum atomic E-state index is -0.538. The van der Waals surface area contributed by atoms with Crippen LogP contribution in [0.1, 0.15) is 12.0 Å². The maximum absolute atomic E-state index is 10.6. The number of nitrogens with zero attached hydrogens (tertiary/aromatic N) is 2. The van der Waals surface area contributed by atoms with E-state index < -0.39 is 4.92 Å². The monoisotopic (exact) mass is 234 g/mol. The normalized spacial score (nSPS) is 18.6. The molecule has 6 heteroatoms. The molecule has 1 aliphatic rings. The first-order valence-electron chi connectivity index (χ1n) is 5.13. The first kappa shape index (κ1) is 11.4. The standard InChI is InChI=1S/C11H10N2O4/c12-6-8-5-9(13(14)15)1-2-11(8)17-10-3-4-16-7-10/h1-2,5,10H,3-4,7H2/t10-/m1/s1. The molecule has 1 aliphatic heterocycles. The summed E-state index contributed by atoms with van der Waals surface area (Å²) < 4.78 is 10.7. The second kappa shape index (κ2) is 4.80. The van der Waals surface area contributed by atoms with Crippen molar-refractivity contribution in [3.05, 3.63) is 33.9 Å². The number of hydrogen-bond acceptors (Lipinski definition) is 5. The molecule has 2 rings (SSSR count). The van der Waals surface area contributed by atoms with Gasteiger partial charge in [-0.15, -0.1) is 0 Å². The van der Waals surface area contributed by atoms with Crippen molar-refractivity contribution in [2.24, 2.45) is 0 Å². The van der Waals surface area contributed by atoms with Crippen molar-refractivity contribution >= 4 is 5.69 Å². The second-order valence-corrected chi connectivity index (χ2v) is 3.65. The Bertz CT molecular complexity index is 475. The van der Waals surface area contributed by atoms with Gasteiger partial charge in [-0.25, -0.2) is 0 Å². The van der Waals surface area contributed by atoms with Gasteiger partial charge in [0.05, 0.1) is 18.1 Å². The quantitative estimate of drug-likeness (QED) is 0.586. The topological polar surface area (TPSA) is 85.4 Å². The summed E-state index contributed by atoms with van der Waals surface area (Å²) in [5.74, 6) is 0.369. The molecule has 1 heterocycles. The Labute approximate surface area is 97.5 Å². The number of nitro benzene ring substituents is 1. The highest BCUT2D eigenvalue weighted by atomic mass is 16.6. The van der Waals surface area contributed by atoms with E-state index in [1.54, 1.807) is 0 Å². The summed E-state index contributed by atoms with van der Waals surface area (Å²) in [4.78, 5) is 10.0. The van der Waals surface area contributed by atoms with Gasteiger partial charge in [0.2, 0.25) is 0 Å². The summed E-state index contributed by atoms with van der Waals surface area (Å²) in [6, 6.07) is 5.89. The van der Waals surface area contributed by atoms with E-state index in [1.807, 2.05) is 6.07 Å². The Morgan fingerprint density at radius 1 is 1.59 bits per heavy atom. The van der Waals surface area contributed by atoms with Crippen LogP contribution in [0.25, 0.3) is 0 Å². The molecule has 1 aromatic rings. The molecular formula is C11H10N2O4. The SMILES string of the molecule is N#Cc1cc([N+](=O)[O-])ccc1O[C@@H]1CCOC1. The first-order valence-corrected chi connectivity index (χ1v) is 5.13. The van der Waals surface area contributed by atoms with Crippen LogP contribution < -0.4 is 4.74 Å².